The maximum atomic E-state index is 12.6. The van der Waals surface area contributed by atoms with E-state index in [4.69, 9.17) is 0 Å². The second-order valence-corrected chi connectivity index (χ2v) is 7.73. The van der Waals surface area contributed by atoms with Crippen molar-refractivity contribution in [3.05, 3.63) is 66.6 Å². The van der Waals surface area contributed by atoms with Crippen molar-refractivity contribution in [1.29, 1.82) is 0 Å². The van der Waals surface area contributed by atoms with Crippen LogP contribution in [0.25, 0.3) is 5.57 Å². The van der Waals surface area contributed by atoms with Crippen LogP contribution in [-0.4, -0.2) is 64.0 Å². The number of rotatable bonds is 6. The third-order valence-corrected chi connectivity index (χ3v) is 5.09. The fourth-order valence-electron chi connectivity index (χ4n) is 3.24. The molecule has 0 bridgehead atoms. The average Bonchev–Trinajstić information content (AvgIpc) is 2.80. The van der Waals surface area contributed by atoms with Crippen molar-refractivity contribution in [2.45, 2.75) is 6.92 Å². The number of aromatic nitrogens is 4. The van der Waals surface area contributed by atoms with Crippen molar-refractivity contribution in [2.24, 2.45) is 0 Å². The summed E-state index contributed by atoms with van der Waals surface area (Å²) in [4.78, 5) is 35.0. The number of amides is 1. The standard InChI is InChI=1S/C23H26N8O/c1-16(2)20-27-22(29-23(28-20)31-13-11-30(3)12-14-31)26-19-15-17(9-10-24-19)21(32)25-18-7-5-4-6-8-18/h4-10,15H,1,11-14H2,2-3H3,(H,25,32)(H,24,26,27,28,29). The largest absolute Gasteiger partial charge is 0.338 e. The van der Waals surface area contributed by atoms with Gasteiger partial charge >= 0.3 is 0 Å². The number of allylic oxidation sites excluding steroid dienone is 1. The number of benzene rings is 1. The van der Waals surface area contributed by atoms with E-state index in [9.17, 15) is 4.79 Å². The van der Waals surface area contributed by atoms with Crippen molar-refractivity contribution in [1.82, 2.24) is 24.8 Å². The lowest BCUT2D eigenvalue weighted by Gasteiger charge is -2.32. The molecule has 3 heterocycles. The van der Waals surface area contributed by atoms with Crippen molar-refractivity contribution in [3.63, 3.8) is 0 Å². The molecule has 0 spiro atoms. The van der Waals surface area contributed by atoms with Crippen LogP contribution in [0.2, 0.25) is 0 Å². The number of likely N-dealkylation sites (N-methyl/N-ethyl adjacent to an activating group) is 1. The van der Waals surface area contributed by atoms with Crippen LogP contribution < -0.4 is 15.5 Å². The van der Waals surface area contributed by atoms with E-state index in [1.54, 1.807) is 18.3 Å². The molecule has 4 rings (SSSR count). The third kappa shape index (κ3) is 5.25. The Hall–Kier alpha value is -3.85. The molecule has 3 aromatic rings. The first-order valence-corrected chi connectivity index (χ1v) is 10.4. The molecule has 0 atom stereocenters. The SMILES string of the molecule is C=C(C)c1nc(Nc2cc(C(=O)Nc3ccccc3)ccn2)nc(N2CCN(C)CC2)n1. The van der Waals surface area contributed by atoms with Gasteiger partial charge in [0.25, 0.3) is 5.91 Å². The van der Waals surface area contributed by atoms with E-state index < -0.39 is 0 Å². The summed E-state index contributed by atoms with van der Waals surface area (Å²) in [5.74, 6) is 1.73. The smallest absolute Gasteiger partial charge is 0.255 e. The quantitative estimate of drug-likeness (QED) is 0.616. The molecule has 0 unspecified atom stereocenters. The molecule has 2 aromatic heterocycles. The average molecular weight is 431 g/mol. The van der Waals surface area contributed by atoms with Gasteiger partial charge in [-0.1, -0.05) is 24.8 Å². The normalized spacial score (nSPS) is 14.1. The summed E-state index contributed by atoms with van der Waals surface area (Å²) in [7, 11) is 2.10. The van der Waals surface area contributed by atoms with E-state index in [1.807, 2.05) is 37.3 Å². The van der Waals surface area contributed by atoms with Crippen LogP contribution in [0.5, 0.6) is 0 Å². The molecular weight excluding hydrogens is 404 g/mol. The van der Waals surface area contributed by atoms with Gasteiger partial charge in [0.15, 0.2) is 5.82 Å². The minimum Gasteiger partial charge on any atom is -0.338 e. The molecule has 164 valence electrons. The number of nitrogens with one attached hydrogen (secondary N) is 2. The topological polar surface area (TPSA) is 99.2 Å². The molecule has 32 heavy (non-hydrogen) atoms. The molecule has 0 aliphatic carbocycles. The zero-order valence-electron chi connectivity index (χ0n) is 18.2. The minimum absolute atomic E-state index is 0.224. The Morgan fingerprint density at radius 3 is 2.50 bits per heavy atom. The number of para-hydroxylation sites is 1. The predicted octanol–water partition coefficient (Wildman–Crippen LogP) is 3.05. The fourth-order valence-corrected chi connectivity index (χ4v) is 3.24. The number of piperazine rings is 1. The number of pyridine rings is 1. The first kappa shape index (κ1) is 21.4. The molecule has 1 saturated heterocycles. The molecule has 1 amide bonds. The van der Waals surface area contributed by atoms with Gasteiger partial charge in [-0.25, -0.2) is 4.98 Å². The summed E-state index contributed by atoms with van der Waals surface area (Å²) < 4.78 is 0. The van der Waals surface area contributed by atoms with E-state index in [-0.39, 0.29) is 5.91 Å². The Labute approximate surface area is 187 Å². The first-order valence-electron chi connectivity index (χ1n) is 10.4. The lowest BCUT2D eigenvalue weighted by Crippen LogP contribution is -2.45. The number of carbonyl (C=O) groups is 1. The van der Waals surface area contributed by atoms with Gasteiger partial charge in [-0.15, -0.1) is 0 Å². The maximum absolute atomic E-state index is 12.6. The van der Waals surface area contributed by atoms with Gasteiger partial charge in [0, 0.05) is 43.6 Å². The van der Waals surface area contributed by atoms with Crippen molar-refractivity contribution >= 4 is 34.9 Å². The Morgan fingerprint density at radius 2 is 1.78 bits per heavy atom. The second kappa shape index (κ2) is 9.52. The van der Waals surface area contributed by atoms with Crippen molar-refractivity contribution in [2.75, 3.05) is 48.8 Å². The monoisotopic (exact) mass is 430 g/mol. The molecule has 0 saturated carbocycles. The number of carbonyl (C=O) groups excluding carboxylic acids is 1. The fraction of sp³-hybridized carbons (Fsp3) is 0.261. The molecule has 0 radical (unpaired) electrons. The van der Waals surface area contributed by atoms with Crippen LogP contribution in [0, 0.1) is 0 Å². The summed E-state index contributed by atoms with van der Waals surface area (Å²) in [5, 5.41) is 5.99. The van der Waals surface area contributed by atoms with E-state index in [2.05, 4.69) is 54.0 Å². The van der Waals surface area contributed by atoms with Gasteiger partial charge in [-0.3, -0.25) is 4.79 Å². The Bertz CT molecular complexity index is 1110. The summed E-state index contributed by atoms with van der Waals surface area (Å²) in [5.41, 5.74) is 1.94. The predicted molar refractivity (Wildman–Crippen MR) is 126 cm³/mol. The van der Waals surface area contributed by atoms with Crippen LogP contribution in [0.15, 0.2) is 55.2 Å². The molecule has 1 aliphatic rings. The number of hydrogen-bond acceptors (Lipinski definition) is 8. The molecule has 2 N–H and O–H groups in total. The van der Waals surface area contributed by atoms with Crippen LogP contribution in [0.1, 0.15) is 23.1 Å². The molecular formula is C23H26N8O. The Kier molecular flexibility index (Phi) is 6.37. The van der Waals surface area contributed by atoms with Gasteiger partial charge in [0.2, 0.25) is 11.9 Å². The Balaban J connectivity index is 1.55. The summed E-state index contributed by atoms with van der Waals surface area (Å²) in [6, 6.07) is 12.6. The van der Waals surface area contributed by atoms with Gasteiger partial charge in [-0.2, -0.15) is 15.0 Å². The van der Waals surface area contributed by atoms with Crippen LogP contribution in [0.3, 0.4) is 0 Å². The highest BCUT2D eigenvalue weighted by Crippen LogP contribution is 2.19. The van der Waals surface area contributed by atoms with Gasteiger partial charge < -0.3 is 20.4 Å². The lowest BCUT2D eigenvalue weighted by atomic mass is 10.2. The van der Waals surface area contributed by atoms with Gasteiger partial charge in [0.1, 0.15) is 5.82 Å². The van der Waals surface area contributed by atoms with Crippen LogP contribution >= 0.6 is 0 Å². The molecule has 1 aliphatic heterocycles. The Morgan fingerprint density at radius 1 is 1.03 bits per heavy atom. The zero-order chi connectivity index (χ0) is 22.5. The summed E-state index contributed by atoms with van der Waals surface area (Å²) in [6.45, 7) is 9.39. The third-order valence-electron chi connectivity index (χ3n) is 5.09. The number of hydrogen-bond donors (Lipinski definition) is 2. The molecule has 1 fully saturated rings. The molecule has 9 heteroatoms. The van der Waals surface area contributed by atoms with Crippen LogP contribution in [-0.2, 0) is 0 Å². The highest BCUT2D eigenvalue weighted by atomic mass is 16.1. The molecule has 9 nitrogen and oxygen atoms in total. The van der Waals surface area contributed by atoms with Crippen LogP contribution in [0.4, 0.5) is 23.4 Å². The van der Waals surface area contributed by atoms with E-state index in [0.717, 1.165) is 37.4 Å². The summed E-state index contributed by atoms with van der Waals surface area (Å²) in [6.07, 6.45) is 1.57. The van der Waals surface area contributed by atoms with E-state index in [1.165, 1.54) is 0 Å². The van der Waals surface area contributed by atoms with Gasteiger partial charge in [-0.05, 0) is 43.8 Å². The minimum atomic E-state index is -0.224. The maximum Gasteiger partial charge on any atom is 0.255 e. The number of anilines is 4. The molecule has 1 aromatic carbocycles. The second-order valence-electron chi connectivity index (χ2n) is 7.73. The van der Waals surface area contributed by atoms with Crippen molar-refractivity contribution in [3.8, 4) is 0 Å². The highest BCUT2D eigenvalue weighted by molar-refractivity contribution is 6.04. The lowest BCUT2D eigenvalue weighted by molar-refractivity contribution is 0.102. The van der Waals surface area contributed by atoms with E-state index in [0.29, 0.717) is 29.1 Å². The van der Waals surface area contributed by atoms with Gasteiger partial charge in [0.05, 0.1) is 0 Å². The first-order chi connectivity index (χ1) is 15.5. The van der Waals surface area contributed by atoms with E-state index >= 15 is 0 Å². The number of nitrogens with zero attached hydrogens (tertiary/aromatic N) is 6. The van der Waals surface area contributed by atoms with Crippen molar-refractivity contribution < 1.29 is 4.79 Å². The zero-order valence-corrected chi connectivity index (χ0v) is 18.2. The summed E-state index contributed by atoms with van der Waals surface area (Å²) >= 11 is 0. The highest BCUT2D eigenvalue weighted by Gasteiger charge is 2.19.